The van der Waals surface area contributed by atoms with Gasteiger partial charge < -0.3 is 10.1 Å². The van der Waals surface area contributed by atoms with Gasteiger partial charge in [0.1, 0.15) is 0 Å². The molecule has 1 fully saturated rings. The average Bonchev–Trinajstić information content (AvgIpc) is 2.52. The van der Waals surface area contributed by atoms with Gasteiger partial charge in [-0.15, -0.1) is 0 Å². The van der Waals surface area contributed by atoms with E-state index >= 15 is 0 Å². The second-order valence-corrected chi connectivity index (χ2v) is 3.66. The third kappa shape index (κ3) is 2.76. The minimum atomic E-state index is 0.710. The van der Waals surface area contributed by atoms with Crippen LogP contribution in [0.5, 0.6) is 0 Å². The summed E-state index contributed by atoms with van der Waals surface area (Å²) in [7, 11) is 2.06. The molecule has 12 heavy (non-hydrogen) atoms. The molecule has 0 bridgehead atoms. The average molecular weight is 171 g/mol. The number of rotatable bonds is 5. The fourth-order valence-electron chi connectivity index (χ4n) is 2.00. The van der Waals surface area contributed by atoms with Gasteiger partial charge in [-0.05, 0) is 32.2 Å². The van der Waals surface area contributed by atoms with Gasteiger partial charge in [-0.2, -0.15) is 0 Å². The summed E-state index contributed by atoms with van der Waals surface area (Å²) < 4.78 is 5.56. The quantitative estimate of drug-likeness (QED) is 0.637. The fraction of sp³-hybridized carbons (Fsp3) is 1.00. The van der Waals surface area contributed by atoms with Gasteiger partial charge in [0, 0.05) is 12.6 Å². The van der Waals surface area contributed by atoms with Crippen molar-refractivity contribution in [3.05, 3.63) is 0 Å². The SMILES string of the molecule is CCCOCC1CCCC1NC. The summed E-state index contributed by atoms with van der Waals surface area (Å²) in [6.45, 7) is 4.04. The lowest BCUT2D eigenvalue weighted by Crippen LogP contribution is -2.31. The fourth-order valence-corrected chi connectivity index (χ4v) is 2.00. The Balaban J connectivity index is 2.12. The van der Waals surface area contributed by atoms with E-state index in [2.05, 4.69) is 19.3 Å². The van der Waals surface area contributed by atoms with Crippen LogP contribution >= 0.6 is 0 Å². The smallest absolute Gasteiger partial charge is 0.0509 e. The van der Waals surface area contributed by atoms with Gasteiger partial charge in [0.25, 0.3) is 0 Å². The molecule has 0 amide bonds. The molecule has 0 aromatic carbocycles. The molecule has 2 atom stereocenters. The standard InChI is InChI=1S/C10H21NO/c1-3-7-12-8-9-5-4-6-10(9)11-2/h9-11H,3-8H2,1-2H3. The van der Waals surface area contributed by atoms with Gasteiger partial charge in [-0.3, -0.25) is 0 Å². The van der Waals surface area contributed by atoms with E-state index in [9.17, 15) is 0 Å². The molecule has 0 radical (unpaired) electrons. The maximum atomic E-state index is 5.56. The van der Waals surface area contributed by atoms with Crippen molar-refractivity contribution in [2.75, 3.05) is 20.3 Å². The normalized spacial score (nSPS) is 29.5. The van der Waals surface area contributed by atoms with Crippen LogP contribution in [0, 0.1) is 5.92 Å². The Bertz CT molecular complexity index is 116. The van der Waals surface area contributed by atoms with Crippen LogP contribution in [0.1, 0.15) is 32.6 Å². The second kappa shape index (κ2) is 5.55. The lowest BCUT2D eigenvalue weighted by atomic mass is 10.1. The molecule has 1 rings (SSSR count). The van der Waals surface area contributed by atoms with E-state index in [0.29, 0.717) is 6.04 Å². The molecule has 0 aromatic rings. The van der Waals surface area contributed by atoms with Crippen LogP contribution in [0.2, 0.25) is 0 Å². The molecule has 2 unspecified atom stereocenters. The summed E-state index contributed by atoms with van der Waals surface area (Å²) in [5.41, 5.74) is 0. The molecule has 1 aliphatic rings. The third-order valence-corrected chi connectivity index (χ3v) is 2.71. The van der Waals surface area contributed by atoms with Crippen LogP contribution < -0.4 is 5.32 Å². The lowest BCUT2D eigenvalue weighted by molar-refractivity contribution is 0.0934. The van der Waals surface area contributed by atoms with Crippen molar-refractivity contribution in [3.8, 4) is 0 Å². The molecular formula is C10H21NO. The summed E-state index contributed by atoms with van der Waals surface area (Å²) in [6.07, 6.45) is 5.18. The highest BCUT2D eigenvalue weighted by Crippen LogP contribution is 2.25. The molecule has 0 spiro atoms. The van der Waals surface area contributed by atoms with E-state index in [-0.39, 0.29) is 0 Å². The van der Waals surface area contributed by atoms with Gasteiger partial charge in [-0.1, -0.05) is 13.3 Å². The zero-order valence-corrected chi connectivity index (χ0v) is 8.31. The molecular weight excluding hydrogens is 150 g/mol. The van der Waals surface area contributed by atoms with Crippen molar-refractivity contribution < 1.29 is 4.74 Å². The molecule has 1 aliphatic carbocycles. The molecule has 2 nitrogen and oxygen atoms in total. The lowest BCUT2D eigenvalue weighted by Gasteiger charge is -2.18. The van der Waals surface area contributed by atoms with Gasteiger partial charge in [0.05, 0.1) is 6.61 Å². The summed E-state index contributed by atoms with van der Waals surface area (Å²) in [5, 5.41) is 3.36. The van der Waals surface area contributed by atoms with E-state index in [1.807, 2.05) is 0 Å². The first-order chi connectivity index (χ1) is 5.88. The summed E-state index contributed by atoms with van der Waals surface area (Å²) in [5.74, 6) is 0.765. The molecule has 1 N–H and O–H groups in total. The van der Waals surface area contributed by atoms with Crippen molar-refractivity contribution in [1.29, 1.82) is 0 Å². The highest BCUT2D eigenvalue weighted by atomic mass is 16.5. The van der Waals surface area contributed by atoms with Gasteiger partial charge >= 0.3 is 0 Å². The van der Waals surface area contributed by atoms with Crippen molar-refractivity contribution >= 4 is 0 Å². The highest BCUT2D eigenvalue weighted by molar-refractivity contribution is 4.81. The van der Waals surface area contributed by atoms with Gasteiger partial charge in [0.2, 0.25) is 0 Å². The summed E-state index contributed by atoms with van der Waals surface area (Å²) >= 11 is 0. The van der Waals surface area contributed by atoms with E-state index in [4.69, 9.17) is 4.74 Å². The van der Waals surface area contributed by atoms with Crippen molar-refractivity contribution in [2.45, 2.75) is 38.6 Å². The Kier molecular flexibility index (Phi) is 4.62. The molecule has 0 aliphatic heterocycles. The minimum absolute atomic E-state index is 0.710. The third-order valence-electron chi connectivity index (χ3n) is 2.71. The Labute approximate surface area is 75.7 Å². The van der Waals surface area contributed by atoms with E-state index in [0.717, 1.165) is 25.6 Å². The van der Waals surface area contributed by atoms with Crippen LogP contribution in [0.4, 0.5) is 0 Å². The first kappa shape index (κ1) is 10.0. The first-order valence-electron chi connectivity index (χ1n) is 5.13. The van der Waals surface area contributed by atoms with Crippen LogP contribution in [-0.2, 0) is 4.74 Å². The molecule has 0 saturated heterocycles. The second-order valence-electron chi connectivity index (χ2n) is 3.66. The van der Waals surface area contributed by atoms with Crippen molar-refractivity contribution in [1.82, 2.24) is 5.32 Å². The Morgan fingerprint density at radius 3 is 2.92 bits per heavy atom. The van der Waals surface area contributed by atoms with Gasteiger partial charge in [0.15, 0.2) is 0 Å². The zero-order chi connectivity index (χ0) is 8.81. The highest BCUT2D eigenvalue weighted by Gasteiger charge is 2.25. The maximum absolute atomic E-state index is 5.56. The topological polar surface area (TPSA) is 21.3 Å². The van der Waals surface area contributed by atoms with Crippen molar-refractivity contribution in [3.63, 3.8) is 0 Å². The van der Waals surface area contributed by atoms with Gasteiger partial charge in [-0.25, -0.2) is 0 Å². The van der Waals surface area contributed by atoms with E-state index in [1.54, 1.807) is 0 Å². The molecule has 0 aromatic heterocycles. The Hall–Kier alpha value is -0.0800. The molecule has 1 saturated carbocycles. The minimum Gasteiger partial charge on any atom is -0.381 e. The molecule has 0 heterocycles. The Morgan fingerprint density at radius 2 is 2.25 bits per heavy atom. The Morgan fingerprint density at radius 1 is 1.42 bits per heavy atom. The monoisotopic (exact) mass is 171 g/mol. The van der Waals surface area contributed by atoms with E-state index < -0.39 is 0 Å². The van der Waals surface area contributed by atoms with Crippen LogP contribution in [0.15, 0.2) is 0 Å². The largest absolute Gasteiger partial charge is 0.381 e. The number of hydrogen-bond acceptors (Lipinski definition) is 2. The predicted octanol–water partition coefficient (Wildman–Crippen LogP) is 1.80. The predicted molar refractivity (Wildman–Crippen MR) is 51.3 cm³/mol. The van der Waals surface area contributed by atoms with Crippen LogP contribution in [0.3, 0.4) is 0 Å². The molecule has 72 valence electrons. The maximum Gasteiger partial charge on any atom is 0.0509 e. The number of ether oxygens (including phenoxy) is 1. The number of nitrogens with one attached hydrogen (secondary N) is 1. The summed E-state index contributed by atoms with van der Waals surface area (Å²) in [6, 6.07) is 0.710. The number of hydrogen-bond donors (Lipinski definition) is 1. The first-order valence-corrected chi connectivity index (χ1v) is 5.13. The van der Waals surface area contributed by atoms with Crippen molar-refractivity contribution in [2.24, 2.45) is 5.92 Å². The van der Waals surface area contributed by atoms with Crippen LogP contribution in [-0.4, -0.2) is 26.3 Å². The summed E-state index contributed by atoms with van der Waals surface area (Å²) in [4.78, 5) is 0. The zero-order valence-electron chi connectivity index (χ0n) is 8.31. The van der Waals surface area contributed by atoms with Crippen LogP contribution in [0.25, 0.3) is 0 Å². The van der Waals surface area contributed by atoms with E-state index in [1.165, 1.54) is 19.3 Å². The molecule has 2 heteroatoms.